The van der Waals surface area contributed by atoms with Crippen molar-refractivity contribution in [1.29, 1.82) is 0 Å². The third-order valence-corrected chi connectivity index (χ3v) is 3.44. The van der Waals surface area contributed by atoms with Gasteiger partial charge >= 0.3 is 12.0 Å². The van der Waals surface area contributed by atoms with E-state index in [2.05, 4.69) is 5.32 Å². The highest BCUT2D eigenvalue weighted by atomic mass is 16.4. The summed E-state index contributed by atoms with van der Waals surface area (Å²) >= 11 is 0. The number of carbonyl (C=O) groups excluding carboxylic acids is 1. The van der Waals surface area contributed by atoms with Gasteiger partial charge in [0.05, 0.1) is 0 Å². The number of urea groups is 1. The molecule has 0 spiro atoms. The summed E-state index contributed by atoms with van der Waals surface area (Å²) in [4.78, 5) is 24.7. The number of piperidine rings is 1. The van der Waals surface area contributed by atoms with Crippen molar-refractivity contribution in [1.82, 2.24) is 10.2 Å². The van der Waals surface area contributed by atoms with Crippen molar-refractivity contribution in [3.63, 3.8) is 0 Å². The zero-order valence-corrected chi connectivity index (χ0v) is 10.9. The van der Waals surface area contributed by atoms with E-state index in [1.807, 2.05) is 13.8 Å². The fourth-order valence-electron chi connectivity index (χ4n) is 2.43. The van der Waals surface area contributed by atoms with Crippen LogP contribution in [-0.2, 0) is 4.79 Å². The second kappa shape index (κ2) is 6.58. The number of amides is 2. The second-order valence-corrected chi connectivity index (χ2v) is 4.89. The van der Waals surface area contributed by atoms with E-state index in [9.17, 15) is 9.59 Å². The zero-order valence-electron chi connectivity index (χ0n) is 10.9. The maximum absolute atomic E-state index is 12.1. The molecule has 6 nitrogen and oxygen atoms in total. The highest BCUT2D eigenvalue weighted by molar-refractivity contribution is 5.82. The van der Waals surface area contributed by atoms with Gasteiger partial charge < -0.3 is 20.4 Å². The molecule has 3 atom stereocenters. The van der Waals surface area contributed by atoms with Crippen molar-refractivity contribution in [2.75, 3.05) is 6.61 Å². The van der Waals surface area contributed by atoms with E-state index in [4.69, 9.17) is 10.2 Å². The van der Waals surface area contributed by atoms with Gasteiger partial charge in [0.15, 0.2) is 0 Å². The number of carboxylic acids is 1. The van der Waals surface area contributed by atoms with E-state index in [0.717, 1.165) is 19.3 Å². The molecule has 1 aliphatic heterocycles. The van der Waals surface area contributed by atoms with Crippen molar-refractivity contribution in [2.24, 2.45) is 0 Å². The van der Waals surface area contributed by atoms with Gasteiger partial charge in [-0.3, -0.25) is 0 Å². The molecule has 0 aromatic heterocycles. The topological polar surface area (TPSA) is 89.9 Å². The molecule has 1 fully saturated rings. The molecule has 3 N–H and O–H groups in total. The number of nitrogens with one attached hydrogen (secondary N) is 1. The van der Waals surface area contributed by atoms with Crippen molar-refractivity contribution in [3.05, 3.63) is 0 Å². The summed E-state index contributed by atoms with van der Waals surface area (Å²) < 4.78 is 0. The third kappa shape index (κ3) is 3.60. The van der Waals surface area contributed by atoms with E-state index < -0.39 is 12.0 Å². The van der Waals surface area contributed by atoms with E-state index in [1.165, 1.54) is 0 Å². The summed E-state index contributed by atoms with van der Waals surface area (Å²) in [5.41, 5.74) is 0. The van der Waals surface area contributed by atoms with Crippen LogP contribution in [-0.4, -0.2) is 51.8 Å². The lowest BCUT2D eigenvalue weighted by Gasteiger charge is -2.39. The van der Waals surface area contributed by atoms with Crippen LogP contribution in [0.5, 0.6) is 0 Å². The number of aliphatic hydroxyl groups excluding tert-OH is 1. The van der Waals surface area contributed by atoms with Crippen molar-refractivity contribution < 1.29 is 19.8 Å². The number of carboxylic acid groups (broad SMARTS) is 1. The average molecular weight is 258 g/mol. The van der Waals surface area contributed by atoms with E-state index in [-0.39, 0.29) is 31.1 Å². The van der Waals surface area contributed by atoms with Crippen LogP contribution in [0.1, 0.15) is 39.5 Å². The Morgan fingerprint density at radius 2 is 1.89 bits per heavy atom. The summed E-state index contributed by atoms with van der Waals surface area (Å²) in [6.45, 7) is 3.68. The van der Waals surface area contributed by atoms with Gasteiger partial charge in [0.2, 0.25) is 0 Å². The SMILES string of the molecule is CC1CCCC(C)N1C(=O)N[C@@H](CCO)C(=O)O. The van der Waals surface area contributed by atoms with Crippen LogP contribution in [0.25, 0.3) is 0 Å². The largest absolute Gasteiger partial charge is 0.480 e. The molecule has 18 heavy (non-hydrogen) atoms. The predicted molar refractivity (Wildman–Crippen MR) is 66.3 cm³/mol. The van der Waals surface area contributed by atoms with Gasteiger partial charge in [-0.15, -0.1) is 0 Å². The van der Waals surface area contributed by atoms with Crippen LogP contribution >= 0.6 is 0 Å². The fourth-order valence-corrected chi connectivity index (χ4v) is 2.43. The molecule has 1 aliphatic rings. The monoisotopic (exact) mass is 258 g/mol. The summed E-state index contributed by atoms with van der Waals surface area (Å²) in [5, 5.41) is 20.2. The van der Waals surface area contributed by atoms with Gasteiger partial charge in [0, 0.05) is 25.1 Å². The summed E-state index contributed by atoms with van der Waals surface area (Å²) in [5.74, 6) is -1.12. The maximum atomic E-state index is 12.1. The van der Waals surface area contributed by atoms with Crippen molar-refractivity contribution in [3.8, 4) is 0 Å². The predicted octanol–water partition coefficient (Wildman–Crippen LogP) is 0.794. The van der Waals surface area contributed by atoms with Gasteiger partial charge in [0.1, 0.15) is 6.04 Å². The molecule has 1 rings (SSSR count). The van der Waals surface area contributed by atoms with Crippen LogP contribution in [0, 0.1) is 0 Å². The van der Waals surface area contributed by atoms with E-state index in [1.54, 1.807) is 4.90 Å². The molecule has 1 heterocycles. The first kappa shape index (κ1) is 14.8. The highest BCUT2D eigenvalue weighted by Gasteiger charge is 2.31. The molecule has 6 heteroatoms. The minimum atomic E-state index is -1.12. The van der Waals surface area contributed by atoms with Crippen LogP contribution in [0.15, 0.2) is 0 Å². The molecule has 0 saturated carbocycles. The van der Waals surface area contributed by atoms with Gasteiger partial charge in [0.25, 0.3) is 0 Å². The first-order valence-electron chi connectivity index (χ1n) is 6.39. The quantitative estimate of drug-likeness (QED) is 0.695. The number of likely N-dealkylation sites (tertiary alicyclic amines) is 1. The number of rotatable bonds is 4. The Morgan fingerprint density at radius 1 is 1.33 bits per heavy atom. The number of aliphatic hydroxyl groups is 1. The van der Waals surface area contributed by atoms with Gasteiger partial charge in [-0.2, -0.15) is 0 Å². The molecule has 0 bridgehead atoms. The molecule has 1 saturated heterocycles. The minimum absolute atomic E-state index is 0.0255. The summed E-state index contributed by atoms with van der Waals surface area (Å²) in [6, 6.07) is -1.13. The standard InChI is InChI=1S/C12H22N2O4/c1-8-4-3-5-9(2)14(8)12(18)13-10(6-7-15)11(16)17/h8-10,15H,3-7H2,1-2H3,(H,13,18)(H,16,17)/t8?,9?,10-/m0/s1. The molecule has 104 valence electrons. The van der Waals surface area contributed by atoms with Gasteiger partial charge in [-0.1, -0.05) is 0 Å². The van der Waals surface area contributed by atoms with Crippen LogP contribution in [0.2, 0.25) is 0 Å². The van der Waals surface area contributed by atoms with Crippen molar-refractivity contribution >= 4 is 12.0 Å². The third-order valence-electron chi connectivity index (χ3n) is 3.44. The Kier molecular flexibility index (Phi) is 5.40. The summed E-state index contributed by atoms with van der Waals surface area (Å²) in [7, 11) is 0. The summed E-state index contributed by atoms with van der Waals surface area (Å²) in [6.07, 6.45) is 2.99. The Labute approximate surface area is 107 Å². The number of nitrogens with zero attached hydrogens (tertiary/aromatic N) is 1. The molecule has 2 amide bonds. The minimum Gasteiger partial charge on any atom is -0.480 e. The maximum Gasteiger partial charge on any atom is 0.326 e. The van der Waals surface area contributed by atoms with Crippen LogP contribution < -0.4 is 5.32 Å². The van der Waals surface area contributed by atoms with Crippen LogP contribution in [0.4, 0.5) is 4.79 Å². The Bertz CT molecular complexity index is 298. The Balaban J connectivity index is 2.64. The number of hydrogen-bond donors (Lipinski definition) is 3. The normalized spacial score (nSPS) is 25.6. The Hall–Kier alpha value is -1.30. The first-order chi connectivity index (χ1) is 8.47. The highest BCUT2D eigenvalue weighted by Crippen LogP contribution is 2.22. The lowest BCUT2D eigenvalue weighted by Crippen LogP contribution is -2.55. The molecular weight excluding hydrogens is 236 g/mol. The lowest BCUT2D eigenvalue weighted by atomic mass is 9.98. The molecule has 2 unspecified atom stereocenters. The first-order valence-corrected chi connectivity index (χ1v) is 6.39. The molecule has 0 aromatic carbocycles. The van der Waals surface area contributed by atoms with Gasteiger partial charge in [-0.25, -0.2) is 9.59 Å². The number of carbonyl (C=O) groups is 2. The molecule has 0 aliphatic carbocycles. The Morgan fingerprint density at radius 3 is 2.33 bits per heavy atom. The fraction of sp³-hybridized carbons (Fsp3) is 0.833. The second-order valence-electron chi connectivity index (χ2n) is 4.89. The molecule has 0 aromatic rings. The zero-order chi connectivity index (χ0) is 13.7. The van der Waals surface area contributed by atoms with Gasteiger partial charge in [-0.05, 0) is 33.1 Å². The smallest absolute Gasteiger partial charge is 0.326 e. The average Bonchev–Trinajstić information content (AvgIpc) is 2.28. The molecular formula is C12H22N2O4. The number of hydrogen-bond acceptors (Lipinski definition) is 3. The molecule has 0 radical (unpaired) electrons. The van der Waals surface area contributed by atoms with E-state index >= 15 is 0 Å². The van der Waals surface area contributed by atoms with Crippen molar-refractivity contribution in [2.45, 2.75) is 57.7 Å². The van der Waals surface area contributed by atoms with Crippen LogP contribution in [0.3, 0.4) is 0 Å². The van der Waals surface area contributed by atoms with E-state index in [0.29, 0.717) is 0 Å². The number of aliphatic carboxylic acids is 1. The lowest BCUT2D eigenvalue weighted by molar-refractivity contribution is -0.139.